The number of hydrogen-bond acceptors (Lipinski definition) is 4. The lowest BCUT2D eigenvalue weighted by Crippen LogP contribution is -2.38. The lowest BCUT2D eigenvalue weighted by molar-refractivity contribution is 0.0938. The van der Waals surface area contributed by atoms with Crippen molar-refractivity contribution in [2.75, 3.05) is 37.8 Å². The van der Waals surface area contributed by atoms with Crippen molar-refractivity contribution in [3.8, 4) is 0 Å². The summed E-state index contributed by atoms with van der Waals surface area (Å²) in [6.07, 6.45) is 3.68. The fraction of sp³-hybridized carbons (Fsp3) is 0.562. The number of hydrogen-bond donors (Lipinski definition) is 2. The molecule has 1 amide bonds. The Morgan fingerprint density at radius 1 is 1.33 bits per heavy atom. The molecular formula is C16H24N4O. The Kier molecular flexibility index (Phi) is 3.76. The van der Waals surface area contributed by atoms with Crippen LogP contribution in [0.4, 0.5) is 11.4 Å². The van der Waals surface area contributed by atoms with Crippen LogP contribution in [-0.4, -0.2) is 50.1 Å². The summed E-state index contributed by atoms with van der Waals surface area (Å²) in [5.74, 6) is -0.0198. The number of nitrogens with one attached hydrogen (secondary N) is 1. The van der Waals surface area contributed by atoms with E-state index in [0.29, 0.717) is 11.3 Å². The molecule has 114 valence electrons. The molecule has 1 saturated carbocycles. The molecule has 1 heterocycles. The number of carbonyl (C=O) groups excluding carboxylic acids is 1. The van der Waals surface area contributed by atoms with Gasteiger partial charge in [0.15, 0.2) is 0 Å². The standard InChI is InChI=1S/C16H24N4O/c1-19(2)15-6-3-11(17)9-14(15)16(21)18-12-7-8-20(10-12)13-4-5-13/h3,6,9,12-13H,4-5,7-8,10,17H2,1-2H3,(H,18,21). The second-order valence-electron chi connectivity index (χ2n) is 6.36. The van der Waals surface area contributed by atoms with Crippen LogP contribution in [-0.2, 0) is 0 Å². The summed E-state index contributed by atoms with van der Waals surface area (Å²) in [5.41, 5.74) is 8.02. The van der Waals surface area contributed by atoms with Crippen molar-refractivity contribution in [3.63, 3.8) is 0 Å². The van der Waals surface area contributed by atoms with Crippen LogP contribution in [0.15, 0.2) is 18.2 Å². The van der Waals surface area contributed by atoms with Crippen LogP contribution in [0.25, 0.3) is 0 Å². The Balaban J connectivity index is 1.69. The largest absolute Gasteiger partial charge is 0.399 e. The minimum absolute atomic E-state index is 0.0198. The van der Waals surface area contributed by atoms with Gasteiger partial charge in [-0.15, -0.1) is 0 Å². The molecule has 2 fully saturated rings. The summed E-state index contributed by atoms with van der Waals surface area (Å²) >= 11 is 0. The first-order valence-corrected chi connectivity index (χ1v) is 7.66. The van der Waals surface area contributed by atoms with Crippen LogP contribution >= 0.6 is 0 Å². The molecule has 0 spiro atoms. The third-order valence-electron chi connectivity index (χ3n) is 4.37. The fourth-order valence-electron chi connectivity index (χ4n) is 3.07. The zero-order valence-electron chi connectivity index (χ0n) is 12.8. The lowest BCUT2D eigenvalue weighted by Gasteiger charge is -2.20. The molecule has 1 atom stereocenters. The number of nitrogens with two attached hydrogens (primary N) is 1. The second-order valence-corrected chi connectivity index (χ2v) is 6.36. The van der Waals surface area contributed by atoms with Crippen LogP contribution in [0.5, 0.6) is 0 Å². The maximum absolute atomic E-state index is 12.6. The first-order chi connectivity index (χ1) is 10.0. The summed E-state index contributed by atoms with van der Waals surface area (Å²) in [6.45, 7) is 2.09. The van der Waals surface area contributed by atoms with E-state index in [0.717, 1.165) is 31.2 Å². The van der Waals surface area contributed by atoms with Gasteiger partial charge in [0, 0.05) is 50.6 Å². The van der Waals surface area contributed by atoms with Gasteiger partial charge < -0.3 is 16.0 Å². The Morgan fingerprint density at radius 3 is 2.76 bits per heavy atom. The summed E-state index contributed by atoms with van der Waals surface area (Å²) in [5, 5.41) is 3.17. The molecule has 1 aromatic carbocycles. The van der Waals surface area contributed by atoms with Crippen LogP contribution in [0.3, 0.4) is 0 Å². The second kappa shape index (κ2) is 5.56. The fourth-order valence-corrected chi connectivity index (χ4v) is 3.07. The summed E-state index contributed by atoms with van der Waals surface area (Å²) < 4.78 is 0. The van der Waals surface area contributed by atoms with Crippen molar-refractivity contribution in [1.82, 2.24) is 10.2 Å². The number of amides is 1. The highest BCUT2D eigenvalue weighted by Crippen LogP contribution is 2.30. The average Bonchev–Trinajstić information content (AvgIpc) is 3.19. The van der Waals surface area contributed by atoms with Gasteiger partial charge in [-0.25, -0.2) is 0 Å². The summed E-state index contributed by atoms with van der Waals surface area (Å²) in [4.78, 5) is 17.0. The predicted molar refractivity (Wildman–Crippen MR) is 85.6 cm³/mol. The molecule has 1 aromatic rings. The normalized spacial score (nSPS) is 22.3. The van der Waals surface area contributed by atoms with Gasteiger partial charge in [0.2, 0.25) is 0 Å². The number of nitrogens with zero attached hydrogens (tertiary/aromatic N) is 2. The molecule has 5 nitrogen and oxygen atoms in total. The lowest BCUT2D eigenvalue weighted by atomic mass is 10.1. The highest BCUT2D eigenvalue weighted by Gasteiger charge is 2.35. The van der Waals surface area contributed by atoms with E-state index >= 15 is 0 Å². The zero-order valence-corrected chi connectivity index (χ0v) is 12.8. The van der Waals surface area contributed by atoms with Crippen molar-refractivity contribution >= 4 is 17.3 Å². The van der Waals surface area contributed by atoms with E-state index in [9.17, 15) is 4.79 Å². The van der Waals surface area contributed by atoms with Crippen molar-refractivity contribution in [2.45, 2.75) is 31.3 Å². The predicted octanol–water partition coefficient (Wildman–Crippen LogP) is 1.30. The molecular weight excluding hydrogens is 264 g/mol. The van der Waals surface area contributed by atoms with Gasteiger partial charge >= 0.3 is 0 Å². The maximum atomic E-state index is 12.6. The molecule has 21 heavy (non-hydrogen) atoms. The van der Waals surface area contributed by atoms with Gasteiger partial charge in [-0.1, -0.05) is 0 Å². The van der Waals surface area contributed by atoms with E-state index in [1.807, 2.05) is 31.1 Å². The van der Waals surface area contributed by atoms with Crippen LogP contribution < -0.4 is 16.0 Å². The third-order valence-corrected chi connectivity index (χ3v) is 4.37. The summed E-state index contributed by atoms with van der Waals surface area (Å²) in [7, 11) is 3.87. The van der Waals surface area contributed by atoms with Gasteiger partial charge in [0.05, 0.1) is 5.56 Å². The first-order valence-electron chi connectivity index (χ1n) is 7.66. The van der Waals surface area contributed by atoms with Crippen LogP contribution in [0, 0.1) is 0 Å². The van der Waals surface area contributed by atoms with Gasteiger partial charge in [0.1, 0.15) is 0 Å². The number of rotatable bonds is 4. The van der Waals surface area contributed by atoms with Crippen molar-refractivity contribution in [1.29, 1.82) is 0 Å². The molecule has 0 radical (unpaired) electrons. The van der Waals surface area contributed by atoms with Gasteiger partial charge in [0.25, 0.3) is 5.91 Å². The van der Waals surface area contributed by atoms with Gasteiger partial charge in [-0.3, -0.25) is 9.69 Å². The van der Waals surface area contributed by atoms with E-state index < -0.39 is 0 Å². The number of benzene rings is 1. The smallest absolute Gasteiger partial charge is 0.253 e. The molecule has 0 bridgehead atoms. The number of carbonyl (C=O) groups is 1. The molecule has 5 heteroatoms. The van der Waals surface area contributed by atoms with E-state index in [1.54, 1.807) is 6.07 Å². The third kappa shape index (κ3) is 3.13. The van der Waals surface area contributed by atoms with E-state index in [-0.39, 0.29) is 11.9 Å². The number of likely N-dealkylation sites (tertiary alicyclic amines) is 1. The molecule has 1 saturated heterocycles. The van der Waals surface area contributed by atoms with E-state index in [1.165, 1.54) is 12.8 Å². The average molecular weight is 288 g/mol. The Bertz CT molecular complexity index is 539. The molecule has 3 N–H and O–H groups in total. The monoisotopic (exact) mass is 288 g/mol. The minimum atomic E-state index is -0.0198. The highest BCUT2D eigenvalue weighted by molar-refractivity contribution is 6.00. The molecule has 2 aliphatic rings. The van der Waals surface area contributed by atoms with Crippen molar-refractivity contribution < 1.29 is 4.79 Å². The Morgan fingerprint density at radius 2 is 2.10 bits per heavy atom. The van der Waals surface area contributed by atoms with Crippen LogP contribution in [0.1, 0.15) is 29.6 Å². The first kappa shape index (κ1) is 14.2. The number of nitrogen functional groups attached to an aromatic ring is 1. The molecule has 3 rings (SSSR count). The van der Waals surface area contributed by atoms with E-state index in [4.69, 9.17) is 5.73 Å². The SMILES string of the molecule is CN(C)c1ccc(N)cc1C(=O)NC1CCN(C2CC2)C1. The quantitative estimate of drug-likeness (QED) is 0.820. The molecule has 1 unspecified atom stereocenters. The Hall–Kier alpha value is -1.75. The molecule has 0 aromatic heterocycles. The van der Waals surface area contributed by atoms with Gasteiger partial charge in [-0.2, -0.15) is 0 Å². The van der Waals surface area contributed by atoms with Crippen LogP contribution in [0.2, 0.25) is 0 Å². The zero-order chi connectivity index (χ0) is 15.0. The molecule has 1 aliphatic heterocycles. The Labute approximate surface area is 126 Å². The van der Waals surface area contributed by atoms with Crippen molar-refractivity contribution in [2.24, 2.45) is 0 Å². The minimum Gasteiger partial charge on any atom is -0.399 e. The topological polar surface area (TPSA) is 61.6 Å². The maximum Gasteiger partial charge on any atom is 0.253 e. The molecule has 1 aliphatic carbocycles. The number of anilines is 2. The summed E-state index contributed by atoms with van der Waals surface area (Å²) in [6, 6.07) is 6.52. The van der Waals surface area contributed by atoms with E-state index in [2.05, 4.69) is 10.2 Å². The van der Waals surface area contributed by atoms with Gasteiger partial charge in [-0.05, 0) is 37.5 Å². The highest BCUT2D eigenvalue weighted by atomic mass is 16.1. The van der Waals surface area contributed by atoms with Crippen molar-refractivity contribution in [3.05, 3.63) is 23.8 Å².